The highest BCUT2D eigenvalue weighted by Crippen LogP contribution is 2.28. The molecule has 0 aliphatic carbocycles. The summed E-state index contributed by atoms with van der Waals surface area (Å²) in [5, 5.41) is 21.4. The molecule has 0 spiro atoms. The second-order valence-electron chi connectivity index (χ2n) is 3.93. The number of rotatable bonds is 3. The first-order chi connectivity index (χ1) is 8.67. The SMILES string of the molecule is Cc1cc(F)cc2c(NCCO)c(C#N)cnc12. The van der Waals surface area contributed by atoms with Crippen molar-refractivity contribution in [3.8, 4) is 6.07 Å². The molecule has 0 aliphatic heterocycles. The van der Waals surface area contributed by atoms with Crippen LogP contribution in [0.4, 0.5) is 10.1 Å². The average molecular weight is 245 g/mol. The van der Waals surface area contributed by atoms with Crippen LogP contribution in [0.1, 0.15) is 11.1 Å². The van der Waals surface area contributed by atoms with E-state index in [9.17, 15) is 4.39 Å². The fourth-order valence-corrected chi connectivity index (χ4v) is 1.89. The van der Waals surface area contributed by atoms with E-state index >= 15 is 0 Å². The zero-order chi connectivity index (χ0) is 13.1. The number of nitrogens with zero attached hydrogens (tertiary/aromatic N) is 2. The van der Waals surface area contributed by atoms with E-state index in [2.05, 4.69) is 10.3 Å². The lowest BCUT2D eigenvalue weighted by atomic mass is 10.1. The zero-order valence-electron chi connectivity index (χ0n) is 9.87. The molecule has 0 unspecified atom stereocenters. The van der Waals surface area contributed by atoms with Crippen molar-refractivity contribution in [2.75, 3.05) is 18.5 Å². The number of hydrogen-bond acceptors (Lipinski definition) is 4. The number of anilines is 1. The molecule has 0 aliphatic rings. The molecule has 0 radical (unpaired) electrons. The minimum absolute atomic E-state index is 0.0665. The average Bonchev–Trinajstić information content (AvgIpc) is 2.35. The second kappa shape index (κ2) is 4.98. The molecule has 2 N–H and O–H groups in total. The van der Waals surface area contributed by atoms with E-state index < -0.39 is 0 Å². The smallest absolute Gasteiger partial charge is 0.124 e. The first-order valence-corrected chi connectivity index (χ1v) is 5.51. The van der Waals surface area contributed by atoms with Gasteiger partial charge in [0.05, 0.1) is 23.4 Å². The molecular formula is C13H12FN3O. The Morgan fingerprint density at radius 2 is 2.28 bits per heavy atom. The van der Waals surface area contributed by atoms with Crippen LogP contribution in [0.25, 0.3) is 10.9 Å². The number of halogens is 1. The Morgan fingerprint density at radius 1 is 1.50 bits per heavy atom. The third kappa shape index (κ3) is 2.11. The molecule has 5 heteroatoms. The Bertz CT molecular complexity index is 634. The zero-order valence-corrected chi connectivity index (χ0v) is 9.87. The lowest BCUT2D eigenvalue weighted by molar-refractivity contribution is 0.311. The Balaban J connectivity index is 2.72. The molecule has 0 fully saturated rings. The van der Waals surface area contributed by atoms with E-state index in [1.165, 1.54) is 18.3 Å². The Hall–Kier alpha value is -2.19. The highest BCUT2D eigenvalue weighted by molar-refractivity contribution is 5.95. The lowest BCUT2D eigenvalue weighted by Crippen LogP contribution is -2.08. The fourth-order valence-electron chi connectivity index (χ4n) is 1.89. The summed E-state index contributed by atoms with van der Waals surface area (Å²) in [4.78, 5) is 4.17. The van der Waals surface area contributed by atoms with E-state index in [4.69, 9.17) is 10.4 Å². The van der Waals surface area contributed by atoms with E-state index in [0.717, 1.165) is 0 Å². The maximum Gasteiger partial charge on any atom is 0.124 e. The number of fused-ring (bicyclic) bond motifs is 1. The summed E-state index contributed by atoms with van der Waals surface area (Å²) in [5.41, 5.74) is 2.21. The van der Waals surface area contributed by atoms with Crippen LogP contribution in [0.3, 0.4) is 0 Å². The second-order valence-corrected chi connectivity index (χ2v) is 3.93. The summed E-state index contributed by atoms with van der Waals surface area (Å²) in [6, 6.07) is 4.75. The van der Waals surface area contributed by atoms with E-state index in [1.54, 1.807) is 6.92 Å². The van der Waals surface area contributed by atoms with Crippen molar-refractivity contribution in [3.63, 3.8) is 0 Å². The standard InChI is InChI=1S/C13H12FN3O/c1-8-4-10(14)5-11-12(8)17-7-9(6-15)13(11)16-2-3-18/h4-5,7,18H,2-3H2,1H3,(H,16,17). The lowest BCUT2D eigenvalue weighted by Gasteiger charge is -2.11. The number of aryl methyl sites for hydroxylation is 1. The van der Waals surface area contributed by atoms with Gasteiger partial charge in [0.1, 0.15) is 11.9 Å². The van der Waals surface area contributed by atoms with Gasteiger partial charge >= 0.3 is 0 Å². The van der Waals surface area contributed by atoms with Gasteiger partial charge in [-0.25, -0.2) is 4.39 Å². The Kier molecular flexibility index (Phi) is 3.40. The summed E-state index contributed by atoms with van der Waals surface area (Å²) in [6.45, 7) is 1.99. The Morgan fingerprint density at radius 3 is 2.94 bits per heavy atom. The van der Waals surface area contributed by atoms with Gasteiger partial charge in [0, 0.05) is 18.1 Å². The van der Waals surface area contributed by atoms with Gasteiger partial charge in [-0.2, -0.15) is 5.26 Å². The largest absolute Gasteiger partial charge is 0.395 e. The van der Waals surface area contributed by atoms with Gasteiger partial charge in [-0.1, -0.05) is 0 Å². The summed E-state index contributed by atoms with van der Waals surface area (Å²) in [7, 11) is 0. The molecule has 1 heterocycles. The van der Waals surface area contributed by atoms with Crippen LogP contribution in [0.5, 0.6) is 0 Å². The predicted octanol–water partition coefficient (Wildman–Crippen LogP) is 1.96. The highest BCUT2D eigenvalue weighted by atomic mass is 19.1. The summed E-state index contributed by atoms with van der Waals surface area (Å²) in [6.07, 6.45) is 1.45. The first-order valence-electron chi connectivity index (χ1n) is 5.51. The first kappa shape index (κ1) is 12.3. The van der Waals surface area contributed by atoms with Crippen LogP contribution in [-0.4, -0.2) is 23.2 Å². The minimum Gasteiger partial charge on any atom is -0.395 e. The van der Waals surface area contributed by atoms with Gasteiger partial charge < -0.3 is 10.4 Å². The van der Waals surface area contributed by atoms with Gasteiger partial charge in [-0.3, -0.25) is 4.98 Å². The van der Waals surface area contributed by atoms with Crippen molar-refractivity contribution in [2.24, 2.45) is 0 Å². The molecular weight excluding hydrogens is 233 g/mol. The van der Waals surface area contributed by atoms with Gasteiger partial charge in [-0.05, 0) is 24.6 Å². The number of hydrogen-bond donors (Lipinski definition) is 2. The fraction of sp³-hybridized carbons (Fsp3) is 0.231. The van der Waals surface area contributed by atoms with Crippen molar-refractivity contribution >= 4 is 16.6 Å². The normalized spacial score (nSPS) is 10.3. The van der Waals surface area contributed by atoms with Crippen LogP contribution in [0.15, 0.2) is 18.3 Å². The molecule has 0 atom stereocenters. The molecule has 1 aromatic carbocycles. The molecule has 4 nitrogen and oxygen atoms in total. The molecule has 18 heavy (non-hydrogen) atoms. The quantitative estimate of drug-likeness (QED) is 0.867. The van der Waals surface area contributed by atoms with Gasteiger partial charge in [0.25, 0.3) is 0 Å². The number of nitriles is 1. The van der Waals surface area contributed by atoms with Crippen molar-refractivity contribution in [2.45, 2.75) is 6.92 Å². The van der Waals surface area contributed by atoms with Crippen LogP contribution >= 0.6 is 0 Å². The third-order valence-electron chi connectivity index (χ3n) is 2.66. The molecule has 2 rings (SSSR count). The van der Waals surface area contributed by atoms with Crippen LogP contribution in [0.2, 0.25) is 0 Å². The van der Waals surface area contributed by atoms with E-state index in [1.807, 2.05) is 6.07 Å². The van der Waals surface area contributed by atoms with Crippen LogP contribution in [0, 0.1) is 24.1 Å². The summed E-state index contributed by atoms with van der Waals surface area (Å²) < 4.78 is 13.4. The molecule has 0 bridgehead atoms. The topological polar surface area (TPSA) is 68.9 Å². The van der Waals surface area contributed by atoms with E-state index in [-0.39, 0.29) is 12.4 Å². The van der Waals surface area contributed by atoms with Gasteiger partial charge in [-0.15, -0.1) is 0 Å². The maximum atomic E-state index is 13.4. The van der Waals surface area contributed by atoms with Crippen molar-refractivity contribution in [3.05, 3.63) is 35.3 Å². The molecule has 0 saturated carbocycles. The Labute approximate surface area is 104 Å². The van der Waals surface area contributed by atoms with Gasteiger partial charge in [0.15, 0.2) is 0 Å². The number of aromatic nitrogens is 1. The predicted molar refractivity (Wildman–Crippen MR) is 66.7 cm³/mol. The highest BCUT2D eigenvalue weighted by Gasteiger charge is 2.11. The molecule has 0 saturated heterocycles. The van der Waals surface area contributed by atoms with Crippen LogP contribution in [-0.2, 0) is 0 Å². The summed E-state index contributed by atoms with van der Waals surface area (Å²) >= 11 is 0. The molecule has 2 aromatic rings. The molecule has 92 valence electrons. The van der Waals surface area contributed by atoms with Crippen molar-refractivity contribution in [1.82, 2.24) is 4.98 Å². The van der Waals surface area contributed by atoms with Crippen LogP contribution < -0.4 is 5.32 Å². The minimum atomic E-state index is -0.371. The number of benzene rings is 1. The third-order valence-corrected chi connectivity index (χ3v) is 2.66. The van der Waals surface area contributed by atoms with Crippen molar-refractivity contribution in [1.29, 1.82) is 5.26 Å². The van der Waals surface area contributed by atoms with E-state index in [0.29, 0.717) is 34.3 Å². The number of pyridine rings is 1. The van der Waals surface area contributed by atoms with Gasteiger partial charge in [0.2, 0.25) is 0 Å². The number of aliphatic hydroxyl groups is 1. The number of aliphatic hydroxyl groups excluding tert-OH is 1. The monoisotopic (exact) mass is 245 g/mol. The summed E-state index contributed by atoms with van der Waals surface area (Å²) in [5.74, 6) is -0.371. The number of nitrogens with one attached hydrogen (secondary N) is 1. The maximum absolute atomic E-state index is 13.4. The van der Waals surface area contributed by atoms with Crippen molar-refractivity contribution < 1.29 is 9.50 Å². The molecule has 0 amide bonds. The molecule has 1 aromatic heterocycles.